The summed E-state index contributed by atoms with van der Waals surface area (Å²) in [7, 11) is -1.90. The monoisotopic (exact) mass is 427 g/mol. The Kier molecular flexibility index (Phi) is 8.27. The van der Waals surface area contributed by atoms with Crippen LogP contribution in [0.25, 0.3) is 0 Å². The second-order valence-electron chi connectivity index (χ2n) is 6.67. The van der Waals surface area contributed by atoms with Gasteiger partial charge in [0.2, 0.25) is 0 Å². The lowest BCUT2D eigenvalue weighted by Gasteiger charge is -2.14. The van der Waals surface area contributed by atoms with Crippen molar-refractivity contribution < 1.29 is 22.8 Å². The zero-order valence-corrected chi connectivity index (χ0v) is 17.6. The van der Waals surface area contributed by atoms with Crippen molar-refractivity contribution in [2.75, 3.05) is 33.4 Å². The van der Waals surface area contributed by atoms with Gasteiger partial charge in [0, 0.05) is 23.7 Å². The molecule has 154 valence electrons. The smallest absolute Gasteiger partial charge is 0.294 e. The number of ether oxygens (including phenoxy) is 1. The van der Waals surface area contributed by atoms with Gasteiger partial charge in [-0.1, -0.05) is 29.3 Å². The molecule has 2 aromatic rings. The van der Waals surface area contributed by atoms with Gasteiger partial charge in [0.15, 0.2) is 0 Å². The largest absolute Gasteiger partial charge is 0.491 e. The molecule has 0 saturated heterocycles. The van der Waals surface area contributed by atoms with Crippen LogP contribution in [0.4, 0.5) is 0 Å². The molecule has 28 heavy (non-hydrogen) atoms. The molecule has 8 heteroatoms. The number of nitrogens with zero attached hydrogens (tertiary/aromatic N) is 1. The van der Waals surface area contributed by atoms with Gasteiger partial charge < -0.3 is 14.7 Å². The Labute approximate surface area is 171 Å². The van der Waals surface area contributed by atoms with E-state index in [0.29, 0.717) is 6.61 Å². The highest BCUT2D eigenvalue weighted by Gasteiger charge is 2.17. The normalized spacial score (nSPS) is 14.5. The number of rotatable bonds is 4. The molecule has 0 unspecified atom stereocenters. The predicted molar refractivity (Wildman–Crippen MR) is 110 cm³/mol. The van der Waals surface area contributed by atoms with E-state index >= 15 is 0 Å². The molecule has 0 fully saturated rings. The average Bonchev–Trinajstić information content (AvgIpc) is 2.84. The molecule has 0 spiro atoms. The fourth-order valence-electron chi connectivity index (χ4n) is 2.91. The Morgan fingerprint density at radius 2 is 1.68 bits per heavy atom. The first kappa shape index (κ1) is 22.6. The minimum absolute atomic E-state index is 0.0390. The summed E-state index contributed by atoms with van der Waals surface area (Å²) in [5, 5.41) is 9.65. The molecule has 2 N–H and O–H groups in total. The van der Waals surface area contributed by atoms with E-state index in [-0.39, 0.29) is 11.5 Å². The molecule has 0 amide bonds. The van der Waals surface area contributed by atoms with Gasteiger partial charge in [0.1, 0.15) is 12.4 Å². The molecule has 2 aromatic carbocycles. The summed E-state index contributed by atoms with van der Waals surface area (Å²) in [6.45, 7) is 4.26. The molecular formula is C20H26ClNO5S. The van der Waals surface area contributed by atoms with Gasteiger partial charge in [-0.3, -0.25) is 4.55 Å². The van der Waals surface area contributed by atoms with Crippen LogP contribution in [0.3, 0.4) is 0 Å². The first-order valence-corrected chi connectivity index (χ1v) is 10.8. The molecule has 0 saturated carbocycles. The van der Waals surface area contributed by atoms with Crippen LogP contribution in [0, 0.1) is 6.92 Å². The summed E-state index contributed by atoms with van der Waals surface area (Å²) in [5.41, 5.74) is 3.36. The summed E-state index contributed by atoms with van der Waals surface area (Å²) in [4.78, 5) is 2.23. The van der Waals surface area contributed by atoms with Crippen LogP contribution >= 0.6 is 11.6 Å². The third-order valence-electron chi connectivity index (χ3n) is 4.49. The highest BCUT2D eigenvalue weighted by atomic mass is 35.5. The highest BCUT2D eigenvalue weighted by molar-refractivity contribution is 7.85. The summed E-state index contributed by atoms with van der Waals surface area (Å²) in [5.74, 6) is 0.869. The number of benzene rings is 2. The second kappa shape index (κ2) is 10.2. The van der Waals surface area contributed by atoms with Crippen molar-refractivity contribution in [1.29, 1.82) is 0 Å². The van der Waals surface area contributed by atoms with Gasteiger partial charge in [0.05, 0.1) is 11.5 Å². The minimum Gasteiger partial charge on any atom is -0.491 e. The van der Waals surface area contributed by atoms with E-state index in [2.05, 4.69) is 11.9 Å². The molecule has 1 heterocycles. The third kappa shape index (κ3) is 6.46. The third-order valence-corrected chi connectivity index (χ3v) is 5.71. The highest BCUT2D eigenvalue weighted by Crippen LogP contribution is 2.31. The van der Waals surface area contributed by atoms with Gasteiger partial charge in [-0.05, 0) is 56.6 Å². The first-order valence-electron chi connectivity index (χ1n) is 8.99. The number of hydrogen-bond acceptors (Lipinski definition) is 5. The van der Waals surface area contributed by atoms with Gasteiger partial charge in [-0.15, -0.1) is 0 Å². The molecule has 0 aromatic heterocycles. The average molecular weight is 428 g/mol. The van der Waals surface area contributed by atoms with Crippen LogP contribution in [0.2, 0.25) is 5.02 Å². The molecule has 0 radical (unpaired) electrons. The maximum absolute atomic E-state index is 10.5. The van der Waals surface area contributed by atoms with Gasteiger partial charge in [-0.2, -0.15) is 8.42 Å². The zero-order chi connectivity index (χ0) is 20.7. The number of aliphatic hydroxyl groups excluding tert-OH is 1. The van der Waals surface area contributed by atoms with E-state index in [9.17, 15) is 8.42 Å². The van der Waals surface area contributed by atoms with Gasteiger partial charge in [0.25, 0.3) is 10.1 Å². The quantitative estimate of drug-likeness (QED) is 0.729. The van der Waals surface area contributed by atoms with E-state index < -0.39 is 10.1 Å². The molecule has 1 aliphatic heterocycles. The van der Waals surface area contributed by atoms with Crippen molar-refractivity contribution >= 4 is 21.7 Å². The van der Waals surface area contributed by atoms with Crippen molar-refractivity contribution in [3.05, 3.63) is 58.1 Å². The Hall–Kier alpha value is -1.64. The van der Waals surface area contributed by atoms with Gasteiger partial charge >= 0.3 is 0 Å². The van der Waals surface area contributed by atoms with Crippen LogP contribution in [0.1, 0.15) is 16.7 Å². The Morgan fingerprint density at radius 3 is 2.25 bits per heavy atom. The topological polar surface area (TPSA) is 87.1 Å². The molecule has 0 bridgehead atoms. The molecule has 0 atom stereocenters. The number of hydrogen-bond donors (Lipinski definition) is 2. The number of aliphatic hydroxyl groups is 1. The van der Waals surface area contributed by atoms with Crippen LogP contribution in [0.15, 0.2) is 41.3 Å². The summed E-state index contributed by atoms with van der Waals surface area (Å²) < 4.78 is 35.1. The van der Waals surface area contributed by atoms with E-state index in [0.717, 1.165) is 42.3 Å². The van der Waals surface area contributed by atoms with E-state index in [1.807, 2.05) is 19.1 Å². The molecule has 1 aliphatic rings. The van der Waals surface area contributed by atoms with Crippen LogP contribution < -0.4 is 4.74 Å². The summed E-state index contributed by atoms with van der Waals surface area (Å²) >= 11 is 6.24. The fourth-order valence-corrected chi connectivity index (χ4v) is 3.66. The van der Waals surface area contributed by atoms with E-state index in [1.54, 1.807) is 12.1 Å². The standard InChI is InChI=1S/C13H18ClNO2.C7H8O3S/c1-15-6-4-10-11(5-7-15)13(17-9-8-16)3-2-12(10)14;1-6-2-4-7(5-3-6)11(8,9)10/h2-3,16H,4-9H2,1H3;2-5H,1H3,(H,8,9,10). The first-order chi connectivity index (χ1) is 13.2. The predicted octanol–water partition coefficient (Wildman–Crippen LogP) is 2.98. The molecule has 3 rings (SSSR count). The van der Waals surface area contributed by atoms with Gasteiger partial charge in [-0.25, -0.2) is 0 Å². The van der Waals surface area contributed by atoms with Crippen molar-refractivity contribution in [3.63, 3.8) is 0 Å². The lowest BCUT2D eigenvalue weighted by Crippen LogP contribution is -2.20. The molecule has 6 nitrogen and oxygen atoms in total. The fraction of sp³-hybridized carbons (Fsp3) is 0.400. The SMILES string of the molecule is CN1CCc2c(Cl)ccc(OCCO)c2CC1.Cc1ccc(S(=O)(=O)O)cc1. The number of halogens is 1. The molecule has 0 aliphatic carbocycles. The Bertz CT molecular complexity index is 884. The lowest BCUT2D eigenvalue weighted by molar-refractivity contribution is 0.200. The van der Waals surface area contributed by atoms with E-state index in [4.69, 9.17) is 26.0 Å². The van der Waals surface area contributed by atoms with Crippen LogP contribution in [0.5, 0.6) is 5.75 Å². The van der Waals surface area contributed by atoms with Crippen molar-refractivity contribution in [1.82, 2.24) is 4.90 Å². The van der Waals surface area contributed by atoms with E-state index in [1.165, 1.54) is 23.3 Å². The second-order valence-corrected chi connectivity index (χ2v) is 8.49. The number of aryl methyl sites for hydroxylation is 1. The van der Waals surface area contributed by atoms with Crippen LogP contribution in [-0.4, -0.2) is 56.3 Å². The van der Waals surface area contributed by atoms with Crippen molar-refractivity contribution in [2.45, 2.75) is 24.7 Å². The maximum atomic E-state index is 10.5. The molecular weight excluding hydrogens is 402 g/mol. The Balaban J connectivity index is 0.000000221. The minimum atomic E-state index is -4.02. The van der Waals surface area contributed by atoms with Crippen molar-refractivity contribution in [3.8, 4) is 5.75 Å². The zero-order valence-electron chi connectivity index (χ0n) is 16.1. The summed E-state index contributed by atoms with van der Waals surface area (Å²) in [6, 6.07) is 9.78. The maximum Gasteiger partial charge on any atom is 0.294 e. The number of fused-ring (bicyclic) bond motifs is 1. The van der Waals surface area contributed by atoms with Crippen molar-refractivity contribution in [2.24, 2.45) is 0 Å². The Morgan fingerprint density at radius 1 is 1.07 bits per heavy atom. The lowest BCUT2D eigenvalue weighted by atomic mass is 10.0. The van der Waals surface area contributed by atoms with Crippen LogP contribution in [-0.2, 0) is 23.0 Å². The summed E-state index contributed by atoms with van der Waals surface area (Å²) in [6.07, 6.45) is 1.91. The number of likely N-dealkylation sites (N-methyl/N-ethyl adjacent to an activating group) is 1.